The van der Waals surface area contributed by atoms with Crippen molar-refractivity contribution in [1.29, 1.82) is 0 Å². The van der Waals surface area contributed by atoms with E-state index in [0.29, 0.717) is 24.3 Å². The van der Waals surface area contributed by atoms with E-state index >= 15 is 0 Å². The van der Waals surface area contributed by atoms with E-state index < -0.39 is 17.7 Å². The molecule has 9 heteroatoms. The second kappa shape index (κ2) is 9.93. The molecule has 1 aliphatic rings. The standard InChI is InChI=1S/C23H24ClNO7/c1-30-10-4-9-25-20(13-5-8-17(26)16(24)11-13)19(22(28)23(25)29)21(27)15-7-6-14(31-2)12-18(15)32-3/h5-8,11-12,20,26-27H,4,9-10H2,1-3H3/b21-19-. The van der Waals surface area contributed by atoms with E-state index in [0.717, 1.165) is 0 Å². The molecule has 1 saturated heterocycles. The van der Waals surface area contributed by atoms with Crippen LogP contribution in [0.3, 0.4) is 0 Å². The molecule has 0 aliphatic carbocycles. The van der Waals surface area contributed by atoms with Gasteiger partial charge in [0.1, 0.15) is 23.0 Å². The summed E-state index contributed by atoms with van der Waals surface area (Å²) >= 11 is 6.09. The van der Waals surface area contributed by atoms with Crippen molar-refractivity contribution < 1.29 is 34.0 Å². The number of amides is 1. The Labute approximate surface area is 190 Å². The molecule has 0 saturated carbocycles. The molecule has 8 nitrogen and oxygen atoms in total. The third-order valence-corrected chi connectivity index (χ3v) is 5.54. The summed E-state index contributed by atoms with van der Waals surface area (Å²) in [6, 6.07) is 8.22. The van der Waals surface area contributed by atoms with E-state index in [4.69, 9.17) is 25.8 Å². The molecule has 2 aromatic rings. The van der Waals surface area contributed by atoms with Gasteiger partial charge in [0.05, 0.1) is 36.4 Å². The number of hydrogen-bond acceptors (Lipinski definition) is 7. The Morgan fingerprint density at radius 3 is 2.47 bits per heavy atom. The first-order chi connectivity index (χ1) is 15.3. The van der Waals surface area contributed by atoms with Gasteiger partial charge >= 0.3 is 0 Å². The summed E-state index contributed by atoms with van der Waals surface area (Å²) in [6.07, 6.45) is 0.484. The van der Waals surface area contributed by atoms with Crippen LogP contribution in [0.4, 0.5) is 0 Å². The summed E-state index contributed by atoms with van der Waals surface area (Å²) in [6.45, 7) is 0.608. The lowest BCUT2D eigenvalue weighted by molar-refractivity contribution is -0.140. The highest BCUT2D eigenvalue weighted by molar-refractivity contribution is 6.46. The lowest BCUT2D eigenvalue weighted by atomic mass is 9.94. The Hall–Kier alpha value is -3.23. The fourth-order valence-electron chi connectivity index (χ4n) is 3.67. The van der Waals surface area contributed by atoms with Crippen molar-refractivity contribution in [3.63, 3.8) is 0 Å². The highest BCUT2D eigenvalue weighted by Crippen LogP contribution is 2.42. The van der Waals surface area contributed by atoms with Gasteiger partial charge in [-0.3, -0.25) is 9.59 Å². The highest BCUT2D eigenvalue weighted by atomic mass is 35.5. The number of Topliss-reactive ketones (excluding diaryl/α,β-unsaturated/α-hetero) is 1. The predicted molar refractivity (Wildman–Crippen MR) is 118 cm³/mol. The lowest BCUT2D eigenvalue weighted by Crippen LogP contribution is -2.31. The van der Waals surface area contributed by atoms with E-state index in [1.54, 1.807) is 31.4 Å². The molecule has 1 amide bonds. The van der Waals surface area contributed by atoms with Gasteiger partial charge in [-0.25, -0.2) is 0 Å². The van der Waals surface area contributed by atoms with Gasteiger partial charge in [-0.2, -0.15) is 0 Å². The Balaban J connectivity index is 2.19. The van der Waals surface area contributed by atoms with Gasteiger partial charge in [0.25, 0.3) is 11.7 Å². The molecular weight excluding hydrogens is 438 g/mol. The summed E-state index contributed by atoms with van der Waals surface area (Å²) in [4.78, 5) is 27.3. The van der Waals surface area contributed by atoms with Crippen LogP contribution in [-0.2, 0) is 14.3 Å². The third-order valence-electron chi connectivity index (χ3n) is 5.24. The number of rotatable bonds is 8. The zero-order valence-corrected chi connectivity index (χ0v) is 18.7. The van der Waals surface area contributed by atoms with E-state index in [2.05, 4.69) is 0 Å². The van der Waals surface area contributed by atoms with Gasteiger partial charge in [0.15, 0.2) is 0 Å². The fourth-order valence-corrected chi connectivity index (χ4v) is 3.86. The monoisotopic (exact) mass is 461 g/mol. The number of ether oxygens (including phenoxy) is 3. The minimum atomic E-state index is -0.906. The predicted octanol–water partition coefficient (Wildman–Crippen LogP) is 3.52. The maximum Gasteiger partial charge on any atom is 0.295 e. The molecule has 2 aromatic carbocycles. The number of phenols is 1. The molecule has 0 radical (unpaired) electrons. The Bertz CT molecular complexity index is 1070. The van der Waals surface area contributed by atoms with Gasteiger partial charge in [0, 0.05) is 26.3 Å². The van der Waals surface area contributed by atoms with Crippen LogP contribution in [0.5, 0.6) is 17.2 Å². The van der Waals surface area contributed by atoms with Crippen LogP contribution in [0.15, 0.2) is 42.0 Å². The van der Waals surface area contributed by atoms with Gasteiger partial charge in [-0.1, -0.05) is 17.7 Å². The van der Waals surface area contributed by atoms with Gasteiger partial charge in [0.2, 0.25) is 0 Å². The van der Waals surface area contributed by atoms with Crippen molar-refractivity contribution in [1.82, 2.24) is 4.90 Å². The minimum absolute atomic E-state index is 0.0620. The SMILES string of the molecule is COCCCN1C(=O)C(=O)/C(=C(\O)c2ccc(OC)cc2OC)C1c1ccc(O)c(Cl)c1. The van der Waals surface area contributed by atoms with Crippen LogP contribution in [0, 0.1) is 0 Å². The van der Waals surface area contributed by atoms with Crippen molar-refractivity contribution in [3.05, 3.63) is 58.1 Å². The second-order valence-corrected chi connectivity index (χ2v) is 7.52. The van der Waals surface area contributed by atoms with Crippen molar-refractivity contribution in [2.45, 2.75) is 12.5 Å². The molecule has 32 heavy (non-hydrogen) atoms. The molecule has 0 bridgehead atoms. The van der Waals surface area contributed by atoms with Crippen molar-refractivity contribution in [2.24, 2.45) is 0 Å². The third kappa shape index (κ3) is 4.37. The molecule has 1 aliphatic heterocycles. The molecule has 1 atom stereocenters. The number of likely N-dealkylation sites (tertiary alicyclic amines) is 1. The molecule has 1 fully saturated rings. The summed E-state index contributed by atoms with van der Waals surface area (Å²) in [5.74, 6) is -1.32. The zero-order valence-electron chi connectivity index (χ0n) is 17.9. The summed E-state index contributed by atoms with van der Waals surface area (Å²) in [7, 11) is 4.46. The molecule has 0 aromatic heterocycles. The average Bonchev–Trinajstić information content (AvgIpc) is 3.05. The van der Waals surface area contributed by atoms with Gasteiger partial charge in [-0.05, 0) is 36.2 Å². The zero-order chi connectivity index (χ0) is 23.4. The first kappa shape index (κ1) is 23.4. The number of phenolic OH excluding ortho intramolecular Hbond substituents is 1. The van der Waals surface area contributed by atoms with E-state index in [1.807, 2.05) is 0 Å². The summed E-state index contributed by atoms with van der Waals surface area (Å²) in [5.41, 5.74) is 0.606. The first-order valence-corrected chi connectivity index (χ1v) is 10.2. The quantitative estimate of drug-likeness (QED) is 0.268. The maximum absolute atomic E-state index is 13.0. The molecule has 170 valence electrons. The number of aromatic hydroxyl groups is 1. The van der Waals surface area contributed by atoms with Crippen molar-refractivity contribution >= 4 is 29.1 Å². The number of nitrogens with zero attached hydrogens (tertiary/aromatic N) is 1. The van der Waals surface area contributed by atoms with Crippen LogP contribution >= 0.6 is 11.6 Å². The van der Waals surface area contributed by atoms with E-state index in [-0.39, 0.29) is 40.0 Å². The molecule has 0 spiro atoms. The number of ketones is 1. The van der Waals surface area contributed by atoms with Crippen LogP contribution in [0.1, 0.15) is 23.6 Å². The normalized spacial score (nSPS) is 17.6. The van der Waals surface area contributed by atoms with Crippen LogP contribution < -0.4 is 9.47 Å². The number of carbonyl (C=O) groups is 2. The smallest absolute Gasteiger partial charge is 0.295 e. The largest absolute Gasteiger partial charge is 0.507 e. The summed E-state index contributed by atoms with van der Waals surface area (Å²) in [5, 5.41) is 21.1. The fraction of sp³-hybridized carbons (Fsp3) is 0.304. The maximum atomic E-state index is 13.0. The van der Waals surface area contributed by atoms with Gasteiger partial charge < -0.3 is 29.3 Å². The van der Waals surface area contributed by atoms with E-state index in [1.165, 1.54) is 31.3 Å². The number of aliphatic hydroxyl groups excluding tert-OH is 1. The van der Waals surface area contributed by atoms with Crippen LogP contribution in [0.25, 0.3) is 5.76 Å². The van der Waals surface area contributed by atoms with Crippen LogP contribution in [-0.4, -0.2) is 61.3 Å². The number of aliphatic hydroxyl groups is 1. The molecule has 2 N–H and O–H groups in total. The highest BCUT2D eigenvalue weighted by Gasteiger charge is 2.46. The molecular formula is C23H24ClNO7. The molecule has 3 rings (SSSR count). The molecule has 1 heterocycles. The van der Waals surface area contributed by atoms with Crippen molar-refractivity contribution in [2.75, 3.05) is 34.5 Å². The van der Waals surface area contributed by atoms with Crippen molar-refractivity contribution in [3.8, 4) is 17.2 Å². The summed E-state index contributed by atoms with van der Waals surface area (Å²) < 4.78 is 15.6. The second-order valence-electron chi connectivity index (χ2n) is 7.12. The number of carbonyl (C=O) groups excluding carboxylic acids is 2. The molecule has 1 unspecified atom stereocenters. The van der Waals surface area contributed by atoms with Gasteiger partial charge in [-0.15, -0.1) is 0 Å². The van der Waals surface area contributed by atoms with Crippen LogP contribution in [0.2, 0.25) is 5.02 Å². The number of benzene rings is 2. The number of halogens is 1. The van der Waals surface area contributed by atoms with E-state index in [9.17, 15) is 19.8 Å². The lowest BCUT2D eigenvalue weighted by Gasteiger charge is -2.25. The first-order valence-electron chi connectivity index (χ1n) is 9.82. The average molecular weight is 462 g/mol. The Morgan fingerprint density at radius 1 is 1.09 bits per heavy atom. The number of hydrogen-bond donors (Lipinski definition) is 2. The minimum Gasteiger partial charge on any atom is -0.507 e. The number of methoxy groups -OCH3 is 3. The topological polar surface area (TPSA) is 106 Å². The Kier molecular flexibility index (Phi) is 7.27. The Morgan fingerprint density at radius 2 is 1.84 bits per heavy atom.